The van der Waals surface area contributed by atoms with E-state index >= 15 is 0 Å². The van der Waals surface area contributed by atoms with Crippen LogP contribution in [0, 0.1) is 11.6 Å². The van der Waals surface area contributed by atoms with E-state index in [9.17, 15) is 22.0 Å². The number of benzene rings is 1. The van der Waals surface area contributed by atoms with Gasteiger partial charge < -0.3 is 0 Å². The van der Waals surface area contributed by atoms with E-state index < -0.39 is 38.9 Å². The summed E-state index contributed by atoms with van der Waals surface area (Å²) < 4.78 is 53.5. The molecule has 106 valence electrons. The summed E-state index contributed by atoms with van der Waals surface area (Å²) in [6.07, 6.45) is 0. The Bertz CT molecular complexity index is 602. The maximum absolute atomic E-state index is 13.9. The van der Waals surface area contributed by atoms with Crippen LogP contribution in [0.5, 0.6) is 0 Å². The molecule has 0 heterocycles. The summed E-state index contributed by atoms with van der Waals surface area (Å²) in [5.74, 6) is -3.07. The van der Waals surface area contributed by atoms with Gasteiger partial charge in [-0.1, -0.05) is 6.92 Å². The zero-order valence-electron chi connectivity index (χ0n) is 10.7. The van der Waals surface area contributed by atoms with Crippen LogP contribution in [-0.4, -0.2) is 32.1 Å². The van der Waals surface area contributed by atoms with E-state index in [1.165, 1.54) is 7.05 Å². The van der Waals surface area contributed by atoms with Crippen molar-refractivity contribution in [2.75, 3.05) is 18.3 Å². The number of halogens is 2. The van der Waals surface area contributed by atoms with Crippen LogP contribution in [0.4, 0.5) is 14.5 Å². The smallest absolute Gasteiger partial charge is 0.294 e. The molecule has 0 aliphatic carbocycles. The molecule has 0 saturated carbocycles. The molecule has 0 aromatic heterocycles. The molecule has 0 unspecified atom stereocenters. The first kappa shape index (κ1) is 15.5. The molecular weight excluding hydrogens is 278 g/mol. The van der Waals surface area contributed by atoms with Gasteiger partial charge in [0.05, 0.1) is 11.3 Å². The van der Waals surface area contributed by atoms with Crippen molar-refractivity contribution >= 4 is 21.7 Å². The Morgan fingerprint density at radius 2 is 1.95 bits per heavy atom. The fourth-order valence-electron chi connectivity index (χ4n) is 1.34. The SMILES string of the molecule is CCN(C)S(=O)(=O)Nc1ccc(F)c(C(C)=O)c1F. The molecule has 0 fully saturated rings. The highest BCUT2D eigenvalue weighted by Crippen LogP contribution is 2.23. The summed E-state index contributed by atoms with van der Waals surface area (Å²) >= 11 is 0. The third-order valence-corrected chi connectivity index (χ3v) is 4.09. The zero-order chi connectivity index (χ0) is 14.8. The van der Waals surface area contributed by atoms with Crippen molar-refractivity contribution < 1.29 is 22.0 Å². The fraction of sp³-hybridized carbons (Fsp3) is 0.364. The number of nitrogens with zero attached hydrogens (tertiary/aromatic N) is 1. The highest BCUT2D eigenvalue weighted by Gasteiger charge is 2.22. The largest absolute Gasteiger partial charge is 0.301 e. The first-order valence-corrected chi connectivity index (χ1v) is 6.87. The fourth-order valence-corrected chi connectivity index (χ4v) is 2.27. The molecule has 1 N–H and O–H groups in total. The van der Waals surface area contributed by atoms with Crippen LogP contribution in [0.15, 0.2) is 12.1 Å². The first-order chi connectivity index (χ1) is 8.70. The van der Waals surface area contributed by atoms with Gasteiger partial charge in [0, 0.05) is 13.6 Å². The molecule has 19 heavy (non-hydrogen) atoms. The average molecular weight is 292 g/mol. The second-order valence-electron chi connectivity index (χ2n) is 3.86. The lowest BCUT2D eigenvalue weighted by Gasteiger charge is -2.17. The van der Waals surface area contributed by atoms with E-state index in [1.54, 1.807) is 6.92 Å². The quantitative estimate of drug-likeness (QED) is 0.841. The highest BCUT2D eigenvalue weighted by molar-refractivity contribution is 7.90. The minimum absolute atomic E-state index is 0.178. The van der Waals surface area contributed by atoms with Crippen LogP contribution in [-0.2, 0) is 10.2 Å². The van der Waals surface area contributed by atoms with E-state index in [0.29, 0.717) is 0 Å². The van der Waals surface area contributed by atoms with Gasteiger partial charge in [-0.25, -0.2) is 8.78 Å². The Kier molecular flexibility index (Phi) is 4.59. The molecule has 1 aromatic rings. The summed E-state index contributed by atoms with van der Waals surface area (Å²) in [6.45, 7) is 2.77. The van der Waals surface area contributed by atoms with Crippen molar-refractivity contribution in [3.8, 4) is 0 Å². The minimum atomic E-state index is -3.93. The molecule has 0 radical (unpaired) electrons. The van der Waals surface area contributed by atoms with Gasteiger partial charge in [-0.2, -0.15) is 12.7 Å². The van der Waals surface area contributed by atoms with Crippen molar-refractivity contribution in [3.05, 3.63) is 29.3 Å². The van der Waals surface area contributed by atoms with Crippen molar-refractivity contribution in [1.29, 1.82) is 0 Å². The number of anilines is 1. The van der Waals surface area contributed by atoms with Gasteiger partial charge in [0.25, 0.3) is 0 Å². The molecular formula is C11H14F2N2O3S. The maximum Gasteiger partial charge on any atom is 0.301 e. The first-order valence-electron chi connectivity index (χ1n) is 5.43. The monoisotopic (exact) mass is 292 g/mol. The molecule has 0 spiro atoms. The topological polar surface area (TPSA) is 66.5 Å². The molecule has 8 heteroatoms. The third-order valence-electron chi connectivity index (χ3n) is 2.54. The average Bonchev–Trinajstić information content (AvgIpc) is 2.31. The van der Waals surface area contributed by atoms with Gasteiger partial charge in [0.15, 0.2) is 11.6 Å². The van der Waals surface area contributed by atoms with Gasteiger partial charge in [0.1, 0.15) is 5.82 Å². The Morgan fingerprint density at radius 3 is 2.42 bits per heavy atom. The summed E-state index contributed by atoms with van der Waals surface area (Å²) in [4.78, 5) is 11.1. The lowest BCUT2D eigenvalue weighted by atomic mass is 10.1. The van der Waals surface area contributed by atoms with Gasteiger partial charge in [-0.05, 0) is 19.1 Å². The number of carbonyl (C=O) groups is 1. The minimum Gasteiger partial charge on any atom is -0.294 e. The van der Waals surface area contributed by atoms with Gasteiger partial charge in [0.2, 0.25) is 0 Å². The molecule has 0 atom stereocenters. The van der Waals surface area contributed by atoms with E-state index in [-0.39, 0.29) is 6.54 Å². The summed E-state index contributed by atoms with van der Waals surface area (Å²) in [5, 5.41) is 0. The Balaban J connectivity index is 3.25. The maximum atomic E-state index is 13.9. The molecule has 0 amide bonds. The van der Waals surface area contributed by atoms with Crippen LogP contribution < -0.4 is 4.72 Å². The molecule has 1 rings (SSSR count). The van der Waals surface area contributed by atoms with Crippen LogP contribution in [0.1, 0.15) is 24.2 Å². The number of hydrogen-bond acceptors (Lipinski definition) is 3. The van der Waals surface area contributed by atoms with E-state index in [0.717, 1.165) is 23.4 Å². The number of hydrogen-bond donors (Lipinski definition) is 1. The summed E-state index contributed by atoms with van der Waals surface area (Å²) in [7, 11) is -2.63. The van der Waals surface area contributed by atoms with E-state index in [4.69, 9.17) is 0 Å². The van der Waals surface area contributed by atoms with E-state index in [1.807, 2.05) is 4.72 Å². The predicted molar refractivity (Wildman–Crippen MR) is 67.2 cm³/mol. The van der Waals surface area contributed by atoms with Crippen LogP contribution >= 0.6 is 0 Å². The summed E-state index contributed by atoms with van der Waals surface area (Å²) in [6, 6.07) is 1.77. The number of rotatable bonds is 5. The number of carbonyl (C=O) groups excluding carboxylic acids is 1. The van der Waals surface area contributed by atoms with Gasteiger partial charge in [-0.3, -0.25) is 9.52 Å². The Labute approximate surface area is 110 Å². The lowest BCUT2D eigenvalue weighted by molar-refractivity contribution is 0.101. The second kappa shape index (κ2) is 5.62. The van der Waals surface area contributed by atoms with Crippen LogP contribution in [0.2, 0.25) is 0 Å². The standard InChI is InChI=1S/C11H14F2N2O3S/c1-4-15(3)19(17,18)14-9-6-5-8(12)10(7(2)16)11(9)13/h5-6,14H,4H2,1-3H3. The molecule has 1 aromatic carbocycles. The highest BCUT2D eigenvalue weighted by atomic mass is 32.2. The van der Waals surface area contributed by atoms with E-state index in [2.05, 4.69) is 0 Å². The van der Waals surface area contributed by atoms with Crippen molar-refractivity contribution in [1.82, 2.24) is 4.31 Å². The lowest BCUT2D eigenvalue weighted by Crippen LogP contribution is -2.32. The molecule has 0 aliphatic heterocycles. The molecule has 5 nitrogen and oxygen atoms in total. The third kappa shape index (κ3) is 3.27. The predicted octanol–water partition coefficient (Wildman–Crippen LogP) is 1.78. The molecule has 0 saturated heterocycles. The summed E-state index contributed by atoms with van der Waals surface area (Å²) in [5.41, 5.74) is -1.23. The molecule has 0 aliphatic rings. The van der Waals surface area contributed by atoms with Gasteiger partial charge in [-0.15, -0.1) is 0 Å². The van der Waals surface area contributed by atoms with Crippen LogP contribution in [0.3, 0.4) is 0 Å². The number of nitrogens with one attached hydrogen (secondary N) is 1. The Morgan fingerprint density at radius 1 is 1.37 bits per heavy atom. The van der Waals surface area contributed by atoms with Crippen molar-refractivity contribution in [3.63, 3.8) is 0 Å². The van der Waals surface area contributed by atoms with Crippen molar-refractivity contribution in [2.45, 2.75) is 13.8 Å². The Hall–Kier alpha value is -1.54. The molecule has 0 bridgehead atoms. The van der Waals surface area contributed by atoms with Crippen LogP contribution in [0.25, 0.3) is 0 Å². The van der Waals surface area contributed by atoms with Crippen molar-refractivity contribution in [2.24, 2.45) is 0 Å². The normalized spacial score (nSPS) is 11.7. The zero-order valence-corrected chi connectivity index (χ0v) is 11.5. The second-order valence-corrected chi connectivity index (χ2v) is 5.64. The number of ketones is 1. The number of Topliss-reactive ketones (excluding diaryl/α,β-unsaturated/α-hetero) is 1. The van der Waals surface area contributed by atoms with Gasteiger partial charge >= 0.3 is 10.2 Å².